The molecule has 0 aromatic carbocycles. The third kappa shape index (κ3) is 3.87. The molecule has 2 rings (SSSR count). The number of thioether (sulfide) groups is 1. The van der Waals surface area contributed by atoms with E-state index >= 15 is 0 Å². The van der Waals surface area contributed by atoms with Crippen LogP contribution in [0.25, 0.3) is 0 Å². The molecule has 0 saturated carbocycles. The van der Waals surface area contributed by atoms with E-state index in [9.17, 15) is 13.2 Å². The number of hydrogen-bond acceptors (Lipinski definition) is 6. The fourth-order valence-corrected chi connectivity index (χ4v) is 3.02. The van der Waals surface area contributed by atoms with Gasteiger partial charge in [0.25, 0.3) is 0 Å². The highest BCUT2D eigenvalue weighted by Gasteiger charge is 2.35. The number of hydrazine groups is 1. The average molecular weight is 293 g/mol. The Labute approximate surface area is 112 Å². The van der Waals surface area contributed by atoms with Gasteiger partial charge in [-0.2, -0.15) is 24.9 Å². The first-order valence-corrected chi connectivity index (χ1v) is 6.89. The quantitative estimate of drug-likeness (QED) is 0.582. The highest BCUT2D eigenvalue weighted by atomic mass is 32.2. The topological polar surface area (TPSA) is 75.9 Å². The number of nitrogens with two attached hydrogens (primary N) is 1. The van der Waals surface area contributed by atoms with E-state index in [1.165, 1.54) is 6.07 Å². The van der Waals surface area contributed by atoms with Crippen LogP contribution in [0.4, 0.5) is 24.8 Å². The fourth-order valence-electron chi connectivity index (χ4n) is 1.73. The summed E-state index contributed by atoms with van der Waals surface area (Å²) in [6, 6.07) is 1.36. The molecule has 1 unspecified atom stereocenters. The second-order valence-electron chi connectivity index (χ2n) is 4.21. The molecule has 1 aromatic rings. The van der Waals surface area contributed by atoms with Gasteiger partial charge in [0.2, 0.25) is 5.82 Å². The molecule has 0 radical (unpaired) electrons. The van der Waals surface area contributed by atoms with Gasteiger partial charge in [0.1, 0.15) is 11.6 Å². The van der Waals surface area contributed by atoms with Gasteiger partial charge in [-0.3, -0.25) is 0 Å². The zero-order valence-electron chi connectivity index (χ0n) is 10.00. The fraction of sp³-hybridized carbons (Fsp3) is 0.600. The van der Waals surface area contributed by atoms with Gasteiger partial charge in [0, 0.05) is 12.6 Å². The van der Waals surface area contributed by atoms with Gasteiger partial charge in [0.05, 0.1) is 0 Å². The van der Waals surface area contributed by atoms with Crippen molar-refractivity contribution in [2.75, 3.05) is 28.8 Å². The Bertz CT molecular complexity index is 434. The normalized spacial score (nSPS) is 19.5. The van der Waals surface area contributed by atoms with E-state index in [2.05, 4.69) is 20.7 Å². The van der Waals surface area contributed by atoms with Crippen LogP contribution < -0.4 is 16.6 Å². The Morgan fingerprint density at radius 1 is 1.37 bits per heavy atom. The molecular formula is C10H14F3N5S. The standard InChI is InChI=1S/C10H14F3N5S/c11-10(12,13)9-16-7(3-8(17-9)18-14)15-4-6-1-2-19-5-6/h3,6H,1-2,4-5,14H2,(H2,15,16,17,18). The lowest BCUT2D eigenvalue weighted by Crippen LogP contribution is -2.19. The number of hydrogen-bond donors (Lipinski definition) is 3. The number of nitrogens with zero attached hydrogens (tertiary/aromatic N) is 2. The second kappa shape index (κ2) is 5.83. The summed E-state index contributed by atoms with van der Waals surface area (Å²) in [4.78, 5) is 6.75. The van der Waals surface area contributed by atoms with Crippen LogP contribution >= 0.6 is 11.8 Å². The van der Waals surface area contributed by atoms with Gasteiger partial charge in [-0.15, -0.1) is 0 Å². The molecule has 1 aliphatic rings. The maximum absolute atomic E-state index is 12.6. The lowest BCUT2D eigenvalue weighted by Gasteiger charge is -2.13. The third-order valence-electron chi connectivity index (χ3n) is 2.72. The van der Waals surface area contributed by atoms with Crippen LogP contribution in [0, 0.1) is 5.92 Å². The predicted octanol–water partition coefficient (Wildman–Crippen LogP) is 1.95. The summed E-state index contributed by atoms with van der Waals surface area (Å²) in [6.45, 7) is 0.603. The van der Waals surface area contributed by atoms with Crippen LogP contribution in [0.2, 0.25) is 0 Å². The Morgan fingerprint density at radius 3 is 2.68 bits per heavy atom. The van der Waals surface area contributed by atoms with Crippen molar-refractivity contribution in [2.24, 2.45) is 11.8 Å². The third-order valence-corrected chi connectivity index (χ3v) is 3.95. The van der Waals surface area contributed by atoms with Gasteiger partial charge in [-0.25, -0.2) is 15.8 Å². The van der Waals surface area contributed by atoms with E-state index in [0.29, 0.717) is 12.5 Å². The monoisotopic (exact) mass is 293 g/mol. The molecule has 1 aromatic heterocycles. The van der Waals surface area contributed by atoms with Crippen molar-refractivity contribution in [3.8, 4) is 0 Å². The number of nitrogens with one attached hydrogen (secondary N) is 2. The van der Waals surface area contributed by atoms with Crippen molar-refractivity contribution < 1.29 is 13.2 Å². The SMILES string of the molecule is NNc1cc(NCC2CCSC2)nc(C(F)(F)F)n1. The summed E-state index contributed by atoms with van der Waals surface area (Å²) in [5.74, 6) is 6.55. The lowest BCUT2D eigenvalue weighted by molar-refractivity contribution is -0.144. The van der Waals surface area contributed by atoms with Crippen molar-refractivity contribution in [1.82, 2.24) is 9.97 Å². The van der Waals surface area contributed by atoms with Crippen LogP contribution in [-0.2, 0) is 6.18 Å². The van der Waals surface area contributed by atoms with E-state index < -0.39 is 12.0 Å². The first kappa shape index (κ1) is 14.2. The Balaban J connectivity index is 2.10. The lowest BCUT2D eigenvalue weighted by atomic mass is 10.1. The molecule has 4 N–H and O–H groups in total. The highest BCUT2D eigenvalue weighted by molar-refractivity contribution is 7.99. The van der Waals surface area contributed by atoms with Crippen molar-refractivity contribution in [1.29, 1.82) is 0 Å². The summed E-state index contributed by atoms with van der Waals surface area (Å²) in [5.41, 5.74) is 2.11. The molecule has 0 spiro atoms. The molecule has 0 aliphatic carbocycles. The van der Waals surface area contributed by atoms with Crippen LogP contribution in [0.3, 0.4) is 0 Å². The summed E-state index contributed by atoms with van der Waals surface area (Å²) >= 11 is 1.85. The minimum absolute atomic E-state index is 0.0642. The summed E-state index contributed by atoms with van der Waals surface area (Å²) in [7, 11) is 0. The van der Waals surface area contributed by atoms with Crippen LogP contribution in [-0.4, -0.2) is 28.0 Å². The van der Waals surface area contributed by atoms with E-state index in [1.807, 2.05) is 11.8 Å². The molecule has 2 heterocycles. The molecule has 1 fully saturated rings. The molecule has 5 nitrogen and oxygen atoms in total. The Morgan fingerprint density at radius 2 is 2.11 bits per heavy atom. The summed E-state index contributed by atoms with van der Waals surface area (Å²) in [6.07, 6.45) is -3.52. The van der Waals surface area contributed by atoms with Gasteiger partial charge in [0.15, 0.2) is 0 Å². The number of aromatic nitrogens is 2. The van der Waals surface area contributed by atoms with E-state index in [1.54, 1.807) is 0 Å². The van der Waals surface area contributed by atoms with Crippen molar-refractivity contribution in [3.05, 3.63) is 11.9 Å². The number of anilines is 2. The Hall–Kier alpha value is -1.22. The van der Waals surface area contributed by atoms with Crippen molar-refractivity contribution in [2.45, 2.75) is 12.6 Å². The molecule has 1 saturated heterocycles. The number of rotatable bonds is 4. The average Bonchev–Trinajstić information content (AvgIpc) is 2.88. The second-order valence-corrected chi connectivity index (χ2v) is 5.36. The maximum atomic E-state index is 12.6. The van der Waals surface area contributed by atoms with E-state index in [0.717, 1.165) is 17.9 Å². The van der Waals surface area contributed by atoms with Gasteiger partial charge in [-0.1, -0.05) is 0 Å². The minimum atomic E-state index is -4.59. The highest BCUT2D eigenvalue weighted by Crippen LogP contribution is 2.28. The minimum Gasteiger partial charge on any atom is -0.370 e. The number of nitrogen functional groups attached to an aromatic ring is 1. The van der Waals surface area contributed by atoms with Crippen LogP contribution in [0.5, 0.6) is 0 Å². The molecule has 106 valence electrons. The first-order chi connectivity index (χ1) is 8.99. The number of halogens is 3. The largest absolute Gasteiger partial charge is 0.451 e. The molecule has 19 heavy (non-hydrogen) atoms. The van der Waals surface area contributed by atoms with Gasteiger partial charge >= 0.3 is 6.18 Å². The van der Waals surface area contributed by atoms with Crippen molar-refractivity contribution >= 4 is 23.4 Å². The predicted molar refractivity (Wildman–Crippen MR) is 68.8 cm³/mol. The van der Waals surface area contributed by atoms with Crippen LogP contribution in [0.1, 0.15) is 12.2 Å². The molecule has 1 aliphatic heterocycles. The Kier molecular flexibility index (Phi) is 4.35. The van der Waals surface area contributed by atoms with Crippen molar-refractivity contribution in [3.63, 3.8) is 0 Å². The maximum Gasteiger partial charge on any atom is 0.451 e. The van der Waals surface area contributed by atoms with E-state index in [-0.39, 0.29) is 11.6 Å². The number of alkyl halides is 3. The molecule has 1 atom stereocenters. The summed E-state index contributed by atoms with van der Waals surface area (Å²) in [5, 5.41) is 2.91. The smallest absolute Gasteiger partial charge is 0.370 e. The molecule has 0 amide bonds. The zero-order valence-corrected chi connectivity index (χ0v) is 10.8. The first-order valence-electron chi connectivity index (χ1n) is 5.73. The summed E-state index contributed by atoms with van der Waals surface area (Å²) < 4.78 is 37.8. The molecular weight excluding hydrogens is 279 g/mol. The van der Waals surface area contributed by atoms with Crippen LogP contribution in [0.15, 0.2) is 6.07 Å². The zero-order chi connectivity index (χ0) is 13.9. The molecule has 9 heteroatoms. The van der Waals surface area contributed by atoms with E-state index in [4.69, 9.17) is 5.84 Å². The van der Waals surface area contributed by atoms with Gasteiger partial charge in [-0.05, 0) is 23.8 Å². The molecule has 0 bridgehead atoms. The van der Waals surface area contributed by atoms with Gasteiger partial charge < -0.3 is 10.7 Å².